The molecule has 2 N–H and O–H groups in total. The zero-order valence-electron chi connectivity index (χ0n) is 13.9. The van der Waals surface area contributed by atoms with Gasteiger partial charge >= 0.3 is 0 Å². The van der Waals surface area contributed by atoms with Crippen molar-refractivity contribution in [1.29, 1.82) is 0 Å². The van der Waals surface area contributed by atoms with Crippen LogP contribution in [0, 0.1) is 0 Å². The second kappa shape index (κ2) is 8.26. The van der Waals surface area contributed by atoms with Crippen LogP contribution in [0.25, 0.3) is 0 Å². The molecule has 126 valence electrons. The lowest BCUT2D eigenvalue weighted by Crippen LogP contribution is -2.37. The summed E-state index contributed by atoms with van der Waals surface area (Å²) in [7, 11) is 1.70. The molecule has 5 heteroatoms. The summed E-state index contributed by atoms with van der Waals surface area (Å²) in [6, 6.07) is 15.6. The topological polar surface area (TPSA) is 69.6 Å². The molecule has 0 heterocycles. The van der Waals surface area contributed by atoms with Crippen molar-refractivity contribution in [2.75, 3.05) is 18.6 Å². The molecule has 2 aromatic carbocycles. The van der Waals surface area contributed by atoms with Gasteiger partial charge in [0.15, 0.2) is 0 Å². The maximum atomic E-state index is 12.6. The van der Waals surface area contributed by atoms with Crippen molar-refractivity contribution in [3.63, 3.8) is 0 Å². The number of amides is 2. The fourth-order valence-electron chi connectivity index (χ4n) is 2.30. The number of para-hydroxylation sites is 1. The Bertz CT molecular complexity index is 697. The van der Waals surface area contributed by atoms with Crippen LogP contribution in [0.1, 0.15) is 34.1 Å². The largest absolute Gasteiger partial charge is 0.394 e. The molecule has 0 aliphatic carbocycles. The molecule has 0 saturated carbocycles. The van der Waals surface area contributed by atoms with E-state index in [-0.39, 0.29) is 24.5 Å². The van der Waals surface area contributed by atoms with Gasteiger partial charge in [-0.25, -0.2) is 0 Å². The molecule has 2 aromatic rings. The molecule has 0 saturated heterocycles. The van der Waals surface area contributed by atoms with Crippen molar-refractivity contribution in [2.24, 2.45) is 0 Å². The third-order valence-corrected chi connectivity index (χ3v) is 3.87. The first-order valence-corrected chi connectivity index (χ1v) is 7.91. The van der Waals surface area contributed by atoms with Crippen LogP contribution in [0.5, 0.6) is 0 Å². The highest BCUT2D eigenvalue weighted by Crippen LogP contribution is 2.15. The van der Waals surface area contributed by atoms with E-state index in [4.69, 9.17) is 0 Å². The van der Waals surface area contributed by atoms with Gasteiger partial charge in [0.05, 0.1) is 12.6 Å². The van der Waals surface area contributed by atoms with Crippen molar-refractivity contribution in [3.8, 4) is 0 Å². The second-order valence-electron chi connectivity index (χ2n) is 5.54. The maximum absolute atomic E-state index is 12.6. The highest BCUT2D eigenvalue weighted by molar-refractivity contribution is 6.07. The Balaban J connectivity index is 2.17. The fourth-order valence-corrected chi connectivity index (χ4v) is 2.30. The predicted molar refractivity (Wildman–Crippen MR) is 94.2 cm³/mol. The zero-order chi connectivity index (χ0) is 17.5. The number of rotatable bonds is 6. The molecule has 0 spiro atoms. The number of nitrogens with one attached hydrogen (secondary N) is 1. The third-order valence-electron chi connectivity index (χ3n) is 3.87. The van der Waals surface area contributed by atoms with Gasteiger partial charge in [0.2, 0.25) is 0 Å². The molecule has 5 nitrogen and oxygen atoms in total. The van der Waals surface area contributed by atoms with Gasteiger partial charge in [-0.1, -0.05) is 31.2 Å². The van der Waals surface area contributed by atoms with E-state index in [0.29, 0.717) is 17.5 Å². The fraction of sp³-hybridized carbons (Fsp3) is 0.263. The van der Waals surface area contributed by atoms with Gasteiger partial charge in [0.1, 0.15) is 0 Å². The number of aliphatic hydroxyl groups excluding tert-OH is 1. The quantitative estimate of drug-likeness (QED) is 0.857. The third kappa shape index (κ3) is 4.20. The van der Waals surface area contributed by atoms with Crippen molar-refractivity contribution in [1.82, 2.24) is 5.32 Å². The summed E-state index contributed by atoms with van der Waals surface area (Å²) >= 11 is 0. The number of anilines is 1. The number of hydrogen-bond acceptors (Lipinski definition) is 3. The summed E-state index contributed by atoms with van der Waals surface area (Å²) in [5, 5.41) is 11.9. The van der Waals surface area contributed by atoms with Crippen molar-refractivity contribution in [2.45, 2.75) is 19.4 Å². The minimum absolute atomic E-state index is 0.113. The van der Waals surface area contributed by atoms with Crippen LogP contribution in [0.15, 0.2) is 54.6 Å². The molecular formula is C19H22N2O3. The Morgan fingerprint density at radius 1 is 1.08 bits per heavy atom. The Labute approximate surface area is 141 Å². The first kappa shape index (κ1) is 17.7. The molecule has 0 aliphatic heterocycles. The van der Waals surface area contributed by atoms with E-state index in [1.165, 1.54) is 0 Å². The minimum Gasteiger partial charge on any atom is -0.394 e. The van der Waals surface area contributed by atoms with E-state index in [0.717, 1.165) is 5.69 Å². The van der Waals surface area contributed by atoms with Gasteiger partial charge in [0, 0.05) is 23.9 Å². The van der Waals surface area contributed by atoms with Crippen molar-refractivity contribution < 1.29 is 14.7 Å². The van der Waals surface area contributed by atoms with E-state index in [1.807, 2.05) is 37.3 Å². The van der Waals surface area contributed by atoms with Crippen LogP contribution in [-0.4, -0.2) is 36.6 Å². The molecule has 1 atom stereocenters. The summed E-state index contributed by atoms with van der Waals surface area (Å²) in [4.78, 5) is 26.4. The summed E-state index contributed by atoms with van der Waals surface area (Å²) in [6.07, 6.45) is 0.637. The van der Waals surface area contributed by atoms with Gasteiger partial charge in [-0.2, -0.15) is 0 Å². The smallest absolute Gasteiger partial charge is 0.258 e. The zero-order valence-corrected chi connectivity index (χ0v) is 13.9. The number of hydrogen-bond donors (Lipinski definition) is 2. The number of nitrogens with zero attached hydrogens (tertiary/aromatic N) is 1. The first-order chi connectivity index (χ1) is 11.6. The molecule has 2 rings (SSSR count). The van der Waals surface area contributed by atoms with E-state index in [2.05, 4.69) is 5.32 Å². The van der Waals surface area contributed by atoms with Gasteiger partial charge in [-0.15, -0.1) is 0 Å². The van der Waals surface area contributed by atoms with Crippen LogP contribution in [0.2, 0.25) is 0 Å². The minimum atomic E-state index is -0.298. The second-order valence-corrected chi connectivity index (χ2v) is 5.54. The Morgan fingerprint density at radius 3 is 2.38 bits per heavy atom. The lowest BCUT2D eigenvalue weighted by Gasteiger charge is -2.18. The van der Waals surface area contributed by atoms with Gasteiger partial charge < -0.3 is 15.3 Å². The first-order valence-electron chi connectivity index (χ1n) is 7.91. The number of benzene rings is 2. The Hall–Kier alpha value is -2.66. The number of carbonyl (C=O) groups is 2. The average Bonchev–Trinajstić information content (AvgIpc) is 2.65. The Morgan fingerprint density at radius 2 is 1.75 bits per heavy atom. The van der Waals surface area contributed by atoms with Crippen LogP contribution in [0.4, 0.5) is 5.69 Å². The monoisotopic (exact) mass is 326 g/mol. The molecule has 2 amide bonds. The highest BCUT2D eigenvalue weighted by Gasteiger charge is 2.16. The molecule has 24 heavy (non-hydrogen) atoms. The normalized spacial score (nSPS) is 11.6. The summed E-state index contributed by atoms with van der Waals surface area (Å²) in [6.45, 7) is 1.77. The predicted octanol–water partition coefficient (Wildman–Crippen LogP) is 2.46. The molecule has 0 radical (unpaired) electrons. The van der Waals surface area contributed by atoms with Crippen LogP contribution >= 0.6 is 0 Å². The van der Waals surface area contributed by atoms with Crippen molar-refractivity contribution >= 4 is 17.5 Å². The molecule has 0 aromatic heterocycles. The Kier molecular flexibility index (Phi) is 6.09. The summed E-state index contributed by atoms with van der Waals surface area (Å²) in [5.74, 6) is -0.488. The van der Waals surface area contributed by atoms with E-state index < -0.39 is 0 Å². The van der Waals surface area contributed by atoms with Gasteiger partial charge in [-0.3, -0.25) is 9.59 Å². The van der Waals surface area contributed by atoms with Crippen LogP contribution in [-0.2, 0) is 0 Å². The SMILES string of the molecule is CCC(CO)NC(=O)c1cccc(C(=O)N(C)c2ccccc2)c1. The lowest BCUT2D eigenvalue weighted by atomic mass is 10.1. The summed E-state index contributed by atoms with van der Waals surface area (Å²) in [5.41, 5.74) is 1.61. The summed E-state index contributed by atoms with van der Waals surface area (Å²) < 4.78 is 0. The number of aliphatic hydroxyl groups is 1. The van der Waals surface area contributed by atoms with Crippen LogP contribution in [0.3, 0.4) is 0 Å². The average molecular weight is 326 g/mol. The molecule has 1 unspecified atom stereocenters. The van der Waals surface area contributed by atoms with E-state index in [1.54, 1.807) is 36.2 Å². The van der Waals surface area contributed by atoms with Gasteiger partial charge in [0.25, 0.3) is 11.8 Å². The van der Waals surface area contributed by atoms with Gasteiger partial charge in [-0.05, 0) is 36.8 Å². The van der Waals surface area contributed by atoms with E-state index >= 15 is 0 Å². The molecule has 0 bridgehead atoms. The maximum Gasteiger partial charge on any atom is 0.258 e. The van der Waals surface area contributed by atoms with E-state index in [9.17, 15) is 14.7 Å². The number of carbonyl (C=O) groups excluding carboxylic acids is 2. The standard InChI is InChI=1S/C19H22N2O3/c1-3-16(13-22)20-18(23)14-8-7-9-15(12-14)19(24)21(2)17-10-5-4-6-11-17/h4-12,16,22H,3,13H2,1-2H3,(H,20,23). The molecular weight excluding hydrogens is 304 g/mol. The lowest BCUT2D eigenvalue weighted by molar-refractivity contribution is 0.0915. The highest BCUT2D eigenvalue weighted by atomic mass is 16.3. The van der Waals surface area contributed by atoms with Crippen LogP contribution < -0.4 is 10.2 Å². The van der Waals surface area contributed by atoms with Crippen molar-refractivity contribution in [3.05, 3.63) is 65.7 Å². The molecule has 0 fully saturated rings. The molecule has 0 aliphatic rings.